The lowest BCUT2D eigenvalue weighted by Gasteiger charge is -2.11. The number of rotatable bonds is 5. The highest BCUT2D eigenvalue weighted by Gasteiger charge is 2.17. The maximum Gasteiger partial charge on any atom is 0.328 e. The van der Waals surface area contributed by atoms with Crippen molar-refractivity contribution < 1.29 is 19.5 Å². The summed E-state index contributed by atoms with van der Waals surface area (Å²) in [4.78, 5) is 34.1. The fourth-order valence-corrected chi connectivity index (χ4v) is 2.13. The van der Waals surface area contributed by atoms with Gasteiger partial charge in [0.1, 0.15) is 6.04 Å². The lowest BCUT2D eigenvalue weighted by Crippen LogP contribution is -2.43. The number of hydrogen-bond acceptors (Lipinski definition) is 4. The van der Waals surface area contributed by atoms with Gasteiger partial charge < -0.3 is 15.7 Å². The lowest BCUT2D eigenvalue weighted by atomic mass is 10.2. The fraction of sp³-hybridized carbons (Fsp3) is 0.250. The maximum absolute atomic E-state index is 11.9. The number of likely N-dealkylation sites (N-methyl/N-ethyl adjacent to an activating group) is 1. The van der Waals surface area contributed by atoms with Crippen molar-refractivity contribution in [3.8, 4) is 0 Å². The number of carbonyl (C=O) groups is 3. The van der Waals surface area contributed by atoms with Gasteiger partial charge in [0.15, 0.2) is 0 Å². The largest absolute Gasteiger partial charge is 0.478 e. The number of thiophene rings is 1. The van der Waals surface area contributed by atoms with E-state index in [1.54, 1.807) is 18.4 Å². The molecule has 19 heavy (non-hydrogen) atoms. The molecule has 2 amide bonds. The van der Waals surface area contributed by atoms with E-state index in [1.165, 1.54) is 24.5 Å². The highest BCUT2D eigenvalue weighted by atomic mass is 32.1. The molecular formula is C12H14N2O4S. The van der Waals surface area contributed by atoms with Gasteiger partial charge in [0.2, 0.25) is 5.91 Å². The Morgan fingerprint density at radius 3 is 2.68 bits per heavy atom. The molecule has 0 aliphatic carbocycles. The Morgan fingerprint density at radius 1 is 1.42 bits per heavy atom. The first-order chi connectivity index (χ1) is 8.95. The van der Waals surface area contributed by atoms with E-state index in [-0.39, 0.29) is 5.91 Å². The molecule has 1 atom stereocenters. The summed E-state index contributed by atoms with van der Waals surface area (Å²) >= 11 is 1.18. The number of carboxylic acid groups (broad SMARTS) is 1. The normalized spacial score (nSPS) is 12.1. The molecule has 1 aromatic heterocycles. The topological polar surface area (TPSA) is 95.5 Å². The first-order valence-corrected chi connectivity index (χ1v) is 6.34. The molecule has 0 saturated carbocycles. The van der Waals surface area contributed by atoms with Gasteiger partial charge in [-0.15, -0.1) is 11.3 Å². The van der Waals surface area contributed by atoms with E-state index < -0.39 is 17.9 Å². The molecule has 1 rings (SSSR count). The van der Waals surface area contributed by atoms with Gasteiger partial charge in [0.25, 0.3) is 5.91 Å². The van der Waals surface area contributed by atoms with Gasteiger partial charge in [-0.05, 0) is 30.0 Å². The van der Waals surface area contributed by atoms with Crippen molar-refractivity contribution in [3.63, 3.8) is 0 Å². The molecule has 6 nitrogen and oxygen atoms in total. The van der Waals surface area contributed by atoms with Crippen molar-refractivity contribution in [1.29, 1.82) is 0 Å². The predicted octanol–water partition coefficient (Wildman–Crippen LogP) is 0.710. The highest BCUT2D eigenvalue weighted by molar-refractivity contribution is 7.12. The monoisotopic (exact) mass is 282 g/mol. The molecule has 0 aliphatic heterocycles. The van der Waals surface area contributed by atoms with Crippen molar-refractivity contribution in [2.45, 2.75) is 13.0 Å². The third kappa shape index (κ3) is 4.22. The van der Waals surface area contributed by atoms with Crippen LogP contribution in [0.4, 0.5) is 0 Å². The Labute approximate surface area is 114 Å². The number of nitrogens with one attached hydrogen (secondary N) is 2. The summed E-state index contributed by atoms with van der Waals surface area (Å²) in [6, 6.07) is 0.986. The van der Waals surface area contributed by atoms with E-state index in [0.717, 1.165) is 6.08 Å². The third-order valence-corrected chi connectivity index (χ3v) is 3.22. The van der Waals surface area contributed by atoms with Gasteiger partial charge in [-0.25, -0.2) is 4.79 Å². The smallest absolute Gasteiger partial charge is 0.328 e. The van der Waals surface area contributed by atoms with Crippen LogP contribution in [0.25, 0.3) is 6.08 Å². The molecule has 3 N–H and O–H groups in total. The van der Waals surface area contributed by atoms with Crippen molar-refractivity contribution >= 4 is 35.2 Å². The summed E-state index contributed by atoms with van der Waals surface area (Å²) < 4.78 is 0. The average molecular weight is 282 g/mol. The molecule has 0 spiro atoms. The first kappa shape index (κ1) is 14.9. The Morgan fingerprint density at radius 2 is 2.11 bits per heavy atom. The maximum atomic E-state index is 11.9. The van der Waals surface area contributed by atoms with Gasteiger partial charge in [-0.2, -0.15) is 0 Å². The van der Waals surface area contributed by atoms with E-state index in [0.29, 0.717) is 10.4 Å². The summed E-state index contributed by atoms with van der Waals surface area (Å²) in [6.45, 7) is 1.57. The number of amides is 2. The predicted molar refractivity (Wildman–Crippen MR) is 72.0 cm³/mol. The SMILES string of the molecule is CNC(=O)C(C)NC(=O)c1sccc1C=CC(=O)O. The van der Waals surface area contributed by atoms with Crippen LogP contribution in [-0.4, -0.2) is 36.0 Å². The highest BCUT2D eigenvalue weighted by Crippen LogP contribution is 2.18. The summed E-state index contributed by atoms with van der Waals surface area (Å²) in [6.07, 6.45) is 2.30. The second-order valence-corrected chi connectivity index (χ2v) is 4.60. The fourth-order valence-electron chi connectivity index (χ4n) is 1.34. The molecule has 0 aliphatic rings. The van der Waals surface area contributed by atoms with E-state index in [1.807, 2.05) is 0 Å². The Kier molecular flexibility index (Phi) is 5.25. The molecule has 7 heteroatoms. The van der Waals surface area contributed by atoms with E-state index >= 15 is 0 Å². The van der Waals surface area contributed by atoms with Crippen LogP contribution in [0.1, 0.15) is 22.2 Å². The molecule has 102 valence electrons. The van der Waals surface area contributed by atoms with Crippen LogP contribution in [-0.2, 0) is 9.59 Å². The van der Waals surface area contributed by atoms with Gasteiger partial charge in [-0.3, -0.25) is 9.59 Å². The zero-order valence-electron chi connectivity index (χ0n) is 10.5. The number of carboxylic acids is 1. The van der Waals surface area contributed by atoms with Crippen molar-refractivity contribution in [2.24, 2.45) is 0 Å². The Balaban J connectivity index is 2.81. The standard InChI is InChI=1S/C12H14N2O4S/c1-7(11(17)13-2)14-12(18)10-8(5-6-19-10)3-4-9(15)16/h3-7H,1-2H3,(H,13,17)(H,14,18)(H,15,16). The third-order valence-electron chi connectivity index (χ3n) is 2.29. The molecular weight excluding hydrogens is 268 g/mol. The first-order valence-electron chi connectivity index (χ1n) is 5.46. The van der Waals surface area contributed by atoms with E-state index in [2.05, 4.69) is 10.6 Å². The minimum Gasteiger partial charge on any atom is -0.478 e. The number of aliphatic carboxylic acids is 1. The van der Waals surface area contributed by atoms with Gasteiger partial charge >= 0.3 is 5.97 Å². The summed E-state index contributed by atoms with van der Waals surface area (Å²) in [5.41, 5.74) is 0.508. The quantitative estimate of drug-likeness (QED) is 0.693. The van der Waals surface area contributed by atoms with Gasteiger partial charge in [-0.1, -0.05) is 0 Å². The molecule has 0 fully saturated rings. The zero-order chi connectivity index (χ0) is 14.4. The Hall–Kier alpha value is -2.15. The van der Waals surface area contributed by atoms with Crippen LogP contribution in [0.2, 0.25) is 0 Å². The summed E-state index contributed by atoms with van der Waals surface area (Å²) in [5, 5.41) is 15.2. The number of hydrogen-bond donors (Lipinski definition) is 3. The van der Waals surface area contributed by atoms with Crippen LogP contribution in [0.5, 0.6) is 0 Å². The molecule has 1 heterocycles. The molecule has 0 saturated heterocycles. The van der Waals surface area contributed by atoms with Gasteiger partial charge in [0, 0.05) is 13.1 Å². The van der Waals surface area contributed by atoms with Crippen LogP contribution < -0.4 is 10.6 Å². The van der Waals surface area contributed by atoms with Crippen LogP contribution >= 0.6 is 11.3 Å². The van der Waals surface area contributed by atoms with Crippen molar-refractivity contribution in [1.82, 2.24) is 10.6 Å². The molecule has 0 radical (unpaired) electrons. The summed E-state index contributed by atoms with van der Waals surface area (Å²) in [5.74, 6) is -1.79. The van der Waals surface area contributed by atoms with Crippen LogP contribution in [0.15, 0.2) is 17.5 Å². The molecule has 0 aromatic carbocycles. The molecule has 1 aromatic rings. The summed E-state index contributed by atoms with van der Waals surface area (Å²) in [7, 11) is 1.48. The Bertz CT molecular complexity index is 522. The van der Waals surface area contributed by atoms with Crippen LogP contribution in [0.3, 0.4) is 0 Å². The minimum atomic E-state index is -1.09. The van der Waals surface area contributed by atoms with E-state index in [4.69, 9.17) is 5.11 Å². The molecule has 0 bridgehead atoms. The van der Waals surface area contributed by atoms with Crippen LogP contribution in [0, 0.1) is 0 Å². The second kappa shape index (κ2) is 6.69. The number of carbonyl (C=O) groups excluding carboxylic acids is 2. The van der Waals surface area contributed by atoms with Crippen molar-refractivity contribution in [3.05, 3.63) is 28.0 Å². The molecule has 1 unspecified atom stereocenters. The van der Waals surface area contributed by atoms with E-state index in [9.17, 15) is 14.4 Å². The van der Waals surface area contributed by atoms with Gasteiger partial charge in [0.05, 0.1) is 4.88 Å². The zero-order valence-corrected chi connectivity index (χ0v) is 11.3. The minimum absolute atomic E-state index is 0.299. The van der Waals surface area contributed by atoms with Crippen molar-refractivity contribution in [2.75, 3.05) is 7.05 Å². The average Bonchev–Trinajstić information content (AvgIpc) is 2.83. The second-order valence-electron chi connectivity index (χ2n) is 3.69. The lowest BCUT2D eigenvalue weighted by molar-refractivity contribution is -0.131.